The first-order valence-electron chi connectivity index (χ1n) is 9.40. The number of carbonyl (C=O) groups is 1. The van der Waals surface area contributed by atoms with Crippen LogP contribution in [0.3, 0.4) is 0 Å². The summed E-state index contributed by atoms with van der Waals surface area (Å²) in [6, 6.07) is 12.6. The van der Waals surface area contributed by atoms with Gasteiger partial charge in [-0.1, -0.05) is 6.07 Å². The molecule has 2 aromatic heterocycles. The molecule has 0 atom stereocenters. The number of benzene rings is 1. The molecular weight excluding hydrogens is 372 g/mol. The zero-order valence-electron chi connectivity index (χ0n) is 16.2. The Morgan fingerprint density at radius 3 is 2.55 bits per heavy atom. The normalized spacial score (nSPS) is 14.0. The van der Waals surface area contributed by atoms with Gasteiger partial charge >= 0.3 is 0 Å². The standard InChI is InChI=1S/C21H22N4O4/c1-27-16-4-2-5-17(14-16)28-15-18-6-7-19(29-18)20(26)24-10-12-25(13-11-24)21-22-8-3-9-23-21/h2-9,14H,10-13,15H2,1H3. The Morgan fingerprint density at radius 2 is 1.79 bits per heavy atom. The Labute approximate surface area is 168 Å². The van der Waals surface area contributed by atoms with Gasteiger partial charge in [0.1, 0.15) is 23.9 Å². The number of amides is 1. The quantitative estimate of drug-likeness (QED) is 0.636. The number of aromatic nitrogens is 2. The maximum Gasteiger partial charge on any atom is 0.289 e. The van der Waals surface area contributed by atoms with Gasteiger partial charge in [-0.25, -0.2) is 9.97 Å². The van der Waals surface area contributed by atoms with Crippen LogP contribution in [0.25, 0.3) is 0 Å². The molecule has 150 valence electrons. The Bertz CT molecular complexity index is 952. The molecule has 1 amide bonds. The monoisotopic (exact) mass is 394 g/mol. The molecule has 29 heavy (non-hydrogen) atoms. The molecule has 4 rings (SSSR count). The van der Waals surface area contributed by atoms with Gasteiger partial charge in [0.25, 0.3) is 5.91 Å². The van der Waals surface area contributed by atoms with E-state index in [0.29, 0.717) is 49.4 Å². The summed E-state index contributed by atoms with van der Waals surface area (Å²) in [5.74, 6) is 2.87. The number of nitrogens with zero attached hydrogens (tertiary/aromatic N) is 4. The highest BCUT2D eigenvalue weighted by Gasteiger charge is 2.25. The Balaban J connectivity index is 1.31. The number of anilines is 1. The average Bonchev–Trinajstić information content (AvgIpc) is 3.27. The molecule has 0 radical (unpaired) electrons. The zero-order chi connectivity index (χ0) is 20.1. The van der Waals surface area contributed by atoms with E-state index in [1.165, 1.54) is 0 Å². The Morgan fingerprint density at radius 1 is 1.03 bits per heavy atom. The molecule has 3 aromatic rings. The molecule has 3 heterocycles. The van der Waals surface area contributed by atoms with Crippen molar-refractivity contribution in [2.24, 2.45) is 0 Å². The van der Waals surface area contributed by atoms with E-state index >= 15 is 0 Å². The summed E-state index contributed by atoms with van der Waals surface area (Å²) in [4.78, 5) is 25.1. The van der Waals surface area contributed by atoms with Crippen LogP contribution >= 0.6 is 0 Å². The third kappa shape index (κ3) is 4.48. The predicted molar refractivity (Wildman–Crippen MR) is 106 cm³/mol. The SMILES string of the molecule is COc1cccc(OCc2ccc(C(=O)N3CCN(c4ncccn4)CC3)o2)c1. The van der Waals surface area contributed by atoms with Crippen molar-refractivity contribution in [3.8, 4) is 11.5 Å². The molecule has 0 aliphatic carbocycles. The second-order valence-electron chi connectivity index (χ2n) is 6.56. The van der Waals surface area contributed by atoms with Crippen molar-refractivity contribution < 1.29 is 18.7 Å². The number of methoxy groups -OCH3 is 1. The van der Waals surface area contributed by atoms with E-state index in [2.05, 4.69) is 14.9 Å². The fourth-order valence-corrected chi connectivity index (χ4v) is 3.14. The highest BCUT2D eigenvalue weighted by atomic mass is 16.5. The first-order chi connectivity index (χ1) is 14.2. The summed E-state index contributed by atoms with van der Waals surface area (Å²) < 4.78 is 16.6. The molecule has 8 nitrogen and oxygen atoms in total. The molecule has 1 aliphatic heterocycles. The van der Waals surface area contributed by atoms with Crippen LogP contribution in [0.2, 0.25) is 0 Å². The van der Waals surface area contributed by atoms with Crippen LogP contribution in [-0.2, 0) is 6.61 Å². The molecule has 0 saturated carbocycles. The minimum Gasteiger partial charge on any atom is -0.497 e. The fourth-order valence-electron chi connectivity index (χ4n) is 3.14. The van der Waals surface area contributed by atoms with Gasteiger partial charge in [0.15, 0.2) is 5.76 Å². The van der Waals surface area contributed by atoms with Gasteiger partial charge in [-0.15, -0.1) is 0 Å². The minimum atomic E-state index is -0.119. The molecule has 1 saturated heterocycles. The maximum absolute atomic E-state index is 12.7. The molecule has 0 unspecified atom stereocenters. The summed E-state index contributed by atoms with van der Waals surface area (Å²) in [7, 11) is 1.61. The van der Waals surface area contributed by atoms with Crippen molar-refractivity contribution in [3.63, 3.8) is 0 Å². The average molecular weight is 394 g/mol. The second-order valence-corrected chi connectivity index (χ2v) is 6.56. The lowest BCUT2D eigenvalue weighted by Crippen LogP contribution is -2.49. The highest BCUT2D eigenvalue weighted by Crippen LogP contribution is 2.21. The molecule has 0 spiro atoms. The van der Waals surface area contributed by atoms with Gasteiger partial charge < -0.3 is 23.7 Å². The number of carbonyl (C=O) groups excluding carboxylic acids is 1. The van der Waals surface area contributed by atoms with E-state index in [1.54, 1.807) is 48.7 Å². The predicted octanol–water partition coefficient (Wildman–Crippen LogP) is 2.62. The minimum absolute atomic E-state index is 0.119. The van der Waals surface area contributed by atoms with Gasteiger partial charge in [-0.2, -0.15) is 0 Å². The van der Waals surface area contributed by atoms with Crippen molar-refractivity contribution in [2.45, 2.75) is 6.61 Å². The lowest BCUT2D eigenvalue weighted by atomic mass is 10.3. The summed E-state index contributed by atoms with van der Waals surface area (Å²) in [5, 5.41) is 0. The zero-order valence-corrected chi connectivity index (χ0v) is 16.2. The topological polar surface area (TPSA) is 80.9 Å². The van der Waals surface area contributed by atoms with E-state index < -0.39 is 0 Å². The van der Waals surface area contributed by atoms with Crippen molar-refractivity contribution in [3.05, 3.63) is 66.4 Å². The van der Waals surface area contributed by atoms with Crippen LogP contribution in [0.15, 0.2) is 59.3 Å². The number of furan rings is 1. The largest absolute Gasteiger partial charge is 0.497 e. The van der Waals surface area contributed by atoms with Crippen LogP contribution in [-0.4, -0.2) is 54.1 Å². The maximum atomic E-state index is 12.7. The molecule has 0 N–H and O–H groups in total. The van der Waals surface area contributed by atoms with Gasteiger partial charge in [-0.3, -0.25) is 4.79 Å². The number of ether oxygens (including phenoxy) is 2. The summed E-state index contributed by atoms with van der Waals surface area (Å²) in [5.41, 5.74) is 0. The number of rotatable bonds is 6. The van der Waals surface area contributed by atoms with Crippen LogP contribution in [0.5, 0.6) is 11.5 Å². The smallest absolute Gasteiger partial charge is 0.289 e. The molecular formula is C21H22N4O4. The molecule has 8 heteroatoms. The molecule has 0 bridgehead atoms. The second kappa shape index (κ2) is 8.64. The van der Waals surface area contributed by atoms with E-state index in [9.17, 15) is 4.79 Å². The third-order valence-electron chi connectivity index (χ3n) is 4.70. The molecule has 1 fully saturated rings. The van der Waals surface area contributed by atoms with Crippen LogP contribution in [0, 0.1) is 0 Å². The van der Waals surface area contributed by atoms with E-state index in [-0.39, 0.29) is 12.5 Å². The van der Waals surface area contributed by atoms with Crippen molar-refractivity contribution in [1.82, 2.24) is 14.9 Å². The number of hydrogen-bond donors (Lipinski definition) is 0. The van der Waals surface area contributed by atoms with Crippen LogP contribution in [0.1, 0.15) is 16.3 Å². The van der Waals surface area contributed by atoms with Gasteiger partial charge in [-0.05, 0) is 30.3 Å². The Kier molecular flexibility index (Phi) is 5.60. The highest BCUT2D eigenvalue weighted by molar-refractivity contribution is 5.91. The third-order valence-corrected chi connectivity index (χ3v) is 4.70. The number of hydrogen-bond acceptors (Lipinski definition) is 7. The summed E-state index contributed by atoms with van der Waals surface area (Å²) in [6.07, 6.45) is 3.44. The lowest BCUT2D eigenvalue weighted by Gasteiger charge is -2.34. The molecule has 1 aliphatic rings. The summed E-state index contributed by atoms with van der Waals surface area (Å²) in [6.45, 7) is 2.78. The summed E-state index contributed by atoms with van der Waals surface area (Å²) >= 11 is 0. The van der Waals surface area contributed by atoms with E-state index in [1.807, 2.05) is 18.2 Å². The first kappa shape index (κ1) is 18.8. The van der Waals surface area contributed by atoms with Gasteiger partial charge in [0, 0.05) is 44.6 Å². The van der Waals surface area contributed by atoms with Gasteiger partial charge in [0.2, 0.25) is 5.95 Å². The van der Waals surface area contributed by atoms with Crippen LogP contribution in [0.4, 0.5) is 5.95 Å². The fraction of sp³-hybridized carbons (Fsp3) is 0.286. The lowest BCUT2D eigenvalue weighted by molar-refractivity contribution is 0.0710. The first-order valence-corrected chi connectivity index (χ1v) is 9.40. The van der Waals surface area contributed by atoms with E-state index in [4.69, 9.17) is 13.9 Å². The van der Waals surface area contributed by atoms with E-state index in [0.717, 1.165) is 5.75 Å². The van der Waals surface area contributed by atoms with Crippen LogP contribution < -0.4 is 14.4 Å². The van der Waals surface area contributed by atoms with Crippen molar-refractivity contribution >= 4 is 11.9 Å². The molecule has 1 aromatic carbocycles. The van der Waals surface area contributed by atoms with Crippen molar-refractivity contribution in [2.75, 3.05) is 38.2 Å². The van der Waals surface area contributed by atoms with Gasteiger partial charge in [0.05, 0.1) is 7.11 Å². The van der Waals surface area contributed by atoms with Crippen molar-refractivity contribution in [1.29, 1.82) is 0 Å². The Hall–Kier alpha value is -3.55. The number of piperazine rings is 1.